The van der Waals surface area contributed by atoms with Gasteiger partial charge in [-0.15, -0.1) is 0 Å². The van der Waals surface area contributed by atoms with Crippen LogP contribution in [0.1, 0.15) is 21.6 Å². The van der Waals surface area contributed by atoms with Crippen LogP contribution in [0.3, 0.4) is 0 Å². The van der Waals surface area contributed by atoms with Crippen molar-refractivity contribution in [3.8, 4) is 0 Å². The second-order valence-electron chi connectivity index (χ2n) is 5.30. The molecule has 7 heteroatoms. The van der Waals surface area contributed by atoms with E-state index < -0.39 is 17.8 Å². The first kappa shape index (κ1) is 15.2. The molecular formula is C14H19N3O4. The highest BCUT2D eigenvalue weighted by Crippen LogP contribution is 2.27. The van der Waals surface area contributed by atoms with Crippen LogP contribution in [0.15, 0.2) is 6.07 Å². The van der Waals surface area contributed by atoms with Crippen LogP contribution in [0.2, 0.25) is 0 Å². The minimum absolute atomic E-state index is 0.154. The SMILES string of the molecule is Cc1cc(C)c(C(N)=O)c(N(C)C2COCC2C(=O)O)n1. The predicted molar refractivity (Wildman–Crippen MR) is 76.4 cm³/mol. The number of aromatic nitrogens is 1. The zero-order valence-corrected chi connectivity index (χ0v) is 12.3. The molecule has 1 aliphatic rings. The van der Waals surface area contributed by atoms with Gasteiger partial charge in [-0.1, -0.05) is 0 Å². The summed E-state index contributed by atoms with van der Waals surface area (Å²) in [5.41, 5.74) is 7.23. The molecule has 2 heterocycles. The van der Waals surface area contributed by atoms with Crippen molar-refractivity contribution in [2.24, 2.45) is 11.7 Å². The summed E-state index contributed by atoms with van der Waals surface area (Å²) in [7, 11) is 1.71. The molecule has 0 saturated carbocycles. The van der Waals surface area contributed by atoms with Crippen molar-refractivity contribution in [1.29, 1.82) is 0 Å². The van der Waals surface area contributed by atoms with E-state index in [1.165, 1.54) is 0 Å². The van der Waals surface area contributed by atoms with Crippen molar-refractivity contribution in [2.75, 3.05) is 25.2 Å². The second-order valence-corrected chi connectivity index (χ2v) is 5.30. The van der Waals surface area contributed by atoms with E-state index in [1.54, 1.807) is 24.9 Å². The molecule has 1 aromatic rings. The average molecular weight is 293 g/mol. The fraction of sp³-hybridized carbons (Fsp3) is 0.500. The number of likely N-dealkylation sites (N-methyl/N-ethyl adjacent to an activating group) is 1. The number of carboxylic acids is 1. The number of amides is 1. The Hall–Kier alpha value is -2.15. The lowest BCUT2D eigenvalue weighted by Crippen LogP contribution is -2.42. The fourth-order valence-corrected chi connectivity index (χ4v) is 2.69. The Labute approximate surface area is 122 Å². The number of rotatable bonds is 4. The van der Waals surface area contributed by atoms with Crippen LogP contribution < -0.4 is 10.6 Å². The van der Waals surface area contributed by atoms with Crippen molar-refractivity contribution in [1.82, 2.24) is 4.98 Å². The maximum absolute atomic E-state index is 11.7. The Morgan fingerprint density at radius 1 is 1.43 bits per heavy atom. The summed E-state index contributed by atoms with van der Waals surface area (Å²) < 4.78 is 5.27. The Morgan fingerprint density at radius 3 is 2.67 bits per heavy atom. The lowest BCUT2D eigenvalue weighted by molar-refractivity contribution is -0.141. The van der Waals surface area contributed by atoms with E-state index in [0.29, 0.717) is 11.4 Å². The highest BCUT2D eigenvalue weighted by molar-refractivity contribution is 5.99. The van der Waals surface area contributed by atoms with Gasteiger partial charge < -0.3 is 20.5 Å². The molecule has 1 saturated heterocycles. The zero-order valence-electron chi connectivity index (χ0n) is 12.3. The largest absolute Gasteiger partial charge is 0.481 e. The number of pyridine rings is 1. The van der Waals surface area contributed by atoms with Crippen molar-refractivity contribution in [2.45, 2.75) is 19.9 Å². The number of anilines is 1. The Bertz CT molecular complexity index is 588. The van der Waals surface area contributed by atoms with Gasteiger partial charge in [-0.25, -0.2) is 4.98 Å². The summed E-state index contributed by atoms with van der Waals surface area (Å²) in [6.45, 7) is 4.03. The third-order valence-corrected chi connectivity index (χ3v) is 3.77. The van der Waals surface area contributed by atoms with Crippen molar-refractivity contribution < 1.29 is 19.4 Å². The third-order valence-electron chi connectivity index (χ3n) is 3.77. The number of nitrogens with two attached hydrogens (primary N) is 1. The second kappa shape index (κ2) is 5.69. The number of primary amides is 1. The normalized spacial score (nSPS) is 21.3. The standard InChI is InChI=1S/C14H19N3O4/c1-7-4-8(2)16-13(11(7)12(15)18)17(3)10-6-21-5-9(10)14(19)20/h4,9-10H,5-6H2,1-3H3,(H2,15,18)(H,19,20). The molecule has 0 aromatic carbocycles. The van der Waals surface area contributed by atoms with Gasteiger partial charge in [0, 0.05) is 12.7 Å². The highest BCUT2D eigenvalue weighted by atomic mass is 16.5. The topological polar surface area (TPSA) is 106 Å². The monoisotopic (exact) mass is 293 g/mol. The molecule has 0 spiro atoms. The molecule has 0 radical (unpaired) electrons. The van der Waals surface area contributed by atoms with Crippen molar-refractivity contribution in [3.05, 3.63) is 22.9 Å². The van der Waals surface area contributed by atoms with Crippen molar-refractivity contribution >= 4 is 17.7 Å². The average Bonchev–Trinajstić information content (AvgIpc) is 2.85. The van der Waals surface area contributed by atoms with E-state index in [9.17, 15) is 14.7 Å². The minimum atomic E-state index is -0.922. The third kappa shape index (κ3) is 2.82. The van der Waals surface area contributed by atoms with Crippen LogP contribution in [0.5, 0.6) is 0 Å². The molecule has 21 heavy (non-hydrogen) atoms. The molecule has 1 aromatic heterocycles. The van der Waals surface area contributed by atoms with Gasteiger partial charge >= 0.3 is 5.97 Å². The van der Waals surface area contributed by atoms with Gasteiger partial charge in [0.2, 0.25) is 0 Å². The number of nitrogens with zero attached hydrogens (tertiary/aromatic N) is 2. The van der Waals surface area contributed by atoms with E-state index >= 15 is 0 Å². The number of carbonyl (C=O) groups excluding carboxylic acids is 1. The minimum Gasteiger partial charge on any atom is -0.481 e. The Kier molecular flexibility index (Phi) is 4.13. The summed E-state index contributed by atoms with van der Waals surface area (Å²) in [6, 6.07) is 1.39. The van der Waals surface area contributed by atoms with Gasteiger partial charge in [0.25, 0.3) is 5.91 Å². The number of carboxylic acid groups (broad SMARTS) is 1. The number of ether oxygens (including phenoxy) is 1. The molecule has 7 nitrogen and oxygen atoms in total. The fourth-order valence-electron chi connectivity index (χ4n) is 2.69. The first-order chi connectivity index (χ1) is 9.82. The van der Waals surface area contributed by atoms with Crippen molar-refractivity contribution in [3.63, 3.8) is 0 Å². The number of hydrogen-bond acceptors (Lipinski definition) is 5. The van der Waals surface area contributed by atoms with Crippen LogP contribution in [-0.4, -0.2) is 48.3 Å². The van der Waals surface area contributed by atoms with E-state index in [2.05, 4.69) is 4.98 Å². The molecule has 114 valence electrons. The molecule has 1 amide bonds. The first-order valence-electron chi connectivity index (χ1n) is 6.64. The van der Waals surface area contributed by atoms with Crippen LogP contribution in [0, 0.1) is 19.8 Å². The quantitative estimate of drug-likeness (QED) is 0.829. The molecule has 1 aliphatic heterocycles. The van der Waals surface area contributed by atoms with Gasteiger partial charge in [0.1, 0.15) is 11.7 Å². The van der Waals surface area contributed by atoms with E-state index in [0.717, 1.165) is 11.3 Å². The molecule has 0 bridgehead atoms. The molecule has 1 fully saturated rings. The van der Waals surface area contributed by atoms with Crippen LogP contribution in [-0.2, 0) is 9.53 Å². The number of hydrogen-bond donors (Lipinski definition) is 2. The van der Waals surface area contributed by atoms with Gasteiger partial charge in [-0.3, -0.25) is 9.59 Å². The van der Waals surface area contributed by atoms with Gasteiger partial charge in [-0.05, 0) is 25.5 Å². The van der Waals surface area contributed by atoms with Crippen LogP contribution >= 0.6 is 0 Å². The van der Waals surface area contributed by atoms with Crippen LogP contribution in [0.25, 0.3) is 0 Å². The molecule has 2 rings (SSSR count). The Balaban J connectivity index is 2.45. The van der Waals surface area contributed by atoms with Gasteiger partial charge in [0.05, 0.1) is 24.8 Å². The van der Waals surface area contributed by atoms with Crippen LogP contribution in [0.4, 0.5) is 5.82 Å². The molecular weight excluding hydrogens is 274 g/mol. The molecule has 3 N–H and O–H groups in total. The summed E-state index contributed by atoms with van der Waals surface area (Å²) >= 11 is 0. The summed E-state index contributed by atoms with van der Waals surface area (Å²) in [5, 5.41) is 9.25. The van der Waals surface area contributed by atoms with Gasteiger partial charge in [0.15, 0.2) is 0 Å². The summed E-state index contributed by atoms with van der Waals surface area (Å²) in [4.78, 5) is 29.0. The smallest absolute Gasteiger partial charge is 0.311 e. The lowest BCUT2D eigenvalue weighted by atomic mass is 10.0. The van der Waals surface area contributed by atoms with E-state index in [1.807, 2.05) is 6.92 Å². The zero-order chi connectivity index (χ0) is 15.7. The molecule has 0 aliphatic carbocycles. The van der Waals surface area contributed by atoms with E-state index in [-0.39, 0.29) is 19.3 Å². The first-order valence-corrected chi connectivity index (χ1v) is 6.64. The highest BCUT2D eigenvalue weighted by Gasteiger charge is 2.38. The Morgan fingerprint density at radius 2 is 2.10 bits per heavy atom. The predicted octanol–water partition coefficient (Wildman–Crippen LogP) is 0.333. The number of aryl methyl sites for hydroxylation is 2. The van der Waals surface area contributed by atoms with Gasteiger partial charge in [-0.2, -0.15) is 0 Å². The summed E-state index contributed by atoms with van der Waals surface area (Å²) in [6.07, 6.45) is 0. The maximum Gasteiger partial charge on any atom is 0.311 e. The van der Waals surface area contributed by atoms with E-state index in [4.69, 9.17) is 10.5 Å². The number of carbonyl (C=O) groups is 2. The number of aliphatic carboxylic acids is 1. The molecule has 2 atom stereocenters. The molecule has 2 unspecified atom stereocenters. The lowest BCUT2D eigenvalue weighted by Gasteiger charge is -2.29. The maximum atomic E-state index is 11.7. The summed E-state index contributed by atoms with van der Waals surface area (Å²) in [5.74, 6) is -1.75.